The molecule has 1 rings (SSSR count). The highest BCUT2D eigenvalue weighted by molar-refractivity contribution is 7.99. The number of hydrogen-bond donors (Lipinski definition) is 1. The second-order valence-corrected chi connectivity index (χ2v) is 5.73. The topological polar surface area (TPSA) is 26.0 Å². The van der Waals surface area contributed by atoms with Gasteiger partial charge in [0.15, 0.2) is 0 Å². The van der Waals surface area contributed by atoms with E-state index in [4.69, 9.17) is 5.73 Å². The van der Waals surface area contributed by atoms with Gasteiger partial charge in [0.05, 0.1) is 0 Å². The van der Waals surface area contributed by atoms with E-state index in [0.29, 0.717) is 6.04 Å². The first kappa shape index (κ1) is 11.4. The Kier molecular flexibility index (Phi) is 5.18. The van der Waals surface area contributed by atoms with Crippen molar-refractivity contribution in [3.05, 3.63) is 0 Å². The molecule has 1 fully saturated rings. The molecule has 0 aromatic heterocycles. The third-order valence-electron chi connectivity index (χ3n) is 2.98. The van der Waals surface area contributed by atoms with Gasteiger partial charge in [-0.15, -0.1) is 0 Å². The number of thioether (sulfide) groups is 1. The van der Waals surface area contributed by atoms with Crippen molar-refractivity contribution in [1.82, 2.24) is 0 Å². The van der Waals surface area contributed by atoms with Crippen LogP contribution in [0.3, 0.4) is 0 Å². The molecule has 1 aliphatic carbocycles. The second-order valence-electron chi connectivity index (χ2n) is 4.40. The number of nitrogens with two attached hydrogens (primary N) is 1. The molecule has 0 aromatic rings. The third kappa shape index (κ3) is 4.37. The summed E-state index contributed by atoms with van der Waals surface area (Å²) in [7, 11) is 0. The zero-order valence-electron chi connectivity index (χ0n) is 8.96. The average Bonchev–Trinajstić information content (AvgIpc) is 2.14. The molecule has 0 aromatic carbocycles. The highest BCUT2D eigenvalue weighted by Gasteiger charge is 2.19. The quantitative estimate of drug-likeness (QED) is 0.756. The predicted molar refractivity (Wildman–Crippen MR) is 62.1 cm³/mol. The minimum absolute atomic E-state index is 0.489. The molecule has 2 N–H and O–H groups in total. The van der Waals surface area contributed by atoms with E-state index in [0.717, 1.165) is 11.2 Å². The largest absolute Gasteiger partial charge is 0.328 e. The molecule has 1 saturated carbocycles. The smallest absolute Gasteiger partial charge is 0.00618 e. The normalized spacial score (nSPS) is 31.6. The molecule has 3 unspecified atom stereocenters. The molecule has 0 saturated heterocycles. The van der Waals surface area contributed by atoms with E-state index in [2.05, 4.69) is 25.6 Å². The molecule has 0 radical (unpaired) electrons. The first-order chi connectivity index (χ1) is 6.22. The third-order valence-corrected chi connectivity index (χ3v) is 4.64. The zero-order chi connectivity index (χ0) is 9.68. The van der Waals surface area contributed by atoms with Crippen LogP contribution >= 0.6 is 11.8 Å². The van der Waals surface area contributed by atoms with E-state index in [1.54, 1.807) is 0 Å². The van der Waals surface area contributed by atoms with Gasteiger partial charge in [-0.2, -0.15) is 11.8 Å². The van der Waals surface area contributed by atoms with E-state index >= 15 is 0 Å². The summed E-state index contributed by atoms with van der Waals surface area (Å²) in [4.78, 5) is 0. The van der Waals surface area contributed by atoms with Gasteiger partial charge in [-0.05, 0) is 30.9 Å². The van der Waals surface area contributed by atoms with Crippen LogP contribution in [0.1, 0.15) is 46.0 Å². The van der Waals surface area contributed by atoms with E-state index in [9.17, 15) is 0 Å². The van der Waals surface area contributed by atoms with Gasteiger partial charge in [0.25, 0.3) is 0 Å². The van der Waals surface area contributed by atoms with Crippen molar-refractivity contribution in [3.8, 4) is 0 Å². The SMILES string of the molecule is CCC(C)CSC1CCCC(N)C1. The minimum atomic E-state index is 0.489. The predicted octanol–water partition coefficient (Wildman–Crippen LogP) is 3.04. The van der Waals surface area contributed by atoms with Gasteiger partial charge >= 0.3 is 0 Å². The van der Waals surface area contributed by atoms with Crippen molar-refractivity contribution in [1.29, 1.82) is 0 Å². The van der Waals surface area contributed by atoms with Crippen LogP contribution in [-0.4, -0.2) is 17.0 Å². The molecule has 2 heteroatoms. The molecule has 1 aliphatic rings. The van der Waals surface area contributed by atoms with Crippen LogP contribution in [0.2, 0.25) is 0 Å². The van der Waals surface area contributed by atoms with Crippen molar-refractivity contribution in [2.24, 2.45) is 11.7 Å². The van der Waals surface area contributed by atoms with Crippen molar-refractivity contribution in [2.75, 3.05) is 5.75 Å². The lowest BCUT2D eigenvalue weighted by Crippen LogP contribution is -2.29. The Hall–Kier alpha value is 0.310. The highest BCUT2D eigenvalue weighted by atomic mass is 32.2. The fourth-order valence-electron chi connectivity index (χ4n) is 1.75. The van der Waals surface area contributed by atoms with Gasteiger partial charge in [-0.1, -0.05) is 26.7 Å². The summed E-state index contributed by atoms with van der Waals surface area (Å²) < 4.78 is 0. The lowest BCUT2D eigenvalue weighted by molar-refractivity contribution is 0.450. The molecular formula is C11H23NS. The van der Waals surface area contributed by atoms with Crippen molar-refractivity contribution >= 4 is 11.8 Å². The van der Waals surface area contributed by atoms with Crippen LogP contribution in [0.15, 0.2) is 0 Å². The Morgan fingerprint density at radius 3 is 2.85 bits per heavy atom. The van der Waals surface area contributed by atoms with Crippen LogP contribution in [0.4, 0.5) is 0 Å². The Bertz CT molecular complexity index is 138. The molecule has 78 valence electrons. The van der Waals surface area contributed by atoms with E-state index in [1.807, 2.05) is 0 Å². The summed E-state index contributed by atoms with van der Waals surface area (Å²) >= 11 is 2.15. The molecule has 13 heavy (non-hydrogen) atoms. The number of rotatable bonds is 4. The van der Waals surface area contributed by atoms with Crippen molar-refractivity contribution in [2.45, 2.75) is 57.2 Å². The fourth-order valence-corrected chi connectivity index (χ4v) is 3.30. The maximum atomic E-state index is 5.95. The summed E-state index contributed by atoms with van der Waals surface area (Å²) in [6, 6.07) is 0.489. The summed E-state index contributed by atoms with van der Waals surface area (Å²) in [5, 5.41) is 0.859. The first-order valence-electron chi connectivity index (χ1n) is 5.59. The molecule has 0 bridgehead atoms. The zero-order valence-corrected chi connectivity index (χ0v) is 9.78. The van der Waals surface area contributed by atoms with Gasteiger partial charge in [0, 0.05) is 11.3 Å². The Morgan fingerprint density at radius 2 is 2.23 bits per heavy atom. The van der Waals surface area contributed by atoms with Crippen LogP contribution < -0.4 is 5.73 Å². The van der Waals surface area contributed by atoms with Gasteiger partial charge in [0.2, 0.25) is 0 Å². The van der Waals surface area contributed by atoms with Gasteiger partial charge in [-0.3, -0.25) is 0 Å². The molecule has 3 atom stereocenters. The highest BCUT2D eigenvalue weighted by Crippen LogP contribution is 2.29. The fraction of sp³-hybridized carbons (Fsp3) is 1.00. The average molecular weight is 201 g/mol. The molecular weight excluding hydrogens is 178 g/mol. The van der Waals surface area contributed by atoms with Crippen LogP contribution in [0, 0.1) is 5.92 Å². The first-order valence-corrected chi connectivity index (χ1v) is 6.64. The lowest BCUT2D eigenvalue weighted by atomic mass is 9.96. The summed E-state index contributed by atoms with van der Waals surface area (Å²) in [5.41, 5.74) is 5.95. The van der Waals surface area contributed by atoms with Crippen molar-refractivity contribution < 1.29 is 0 Å². The maximum Gasteiger partial charge on any atom is 0.00618 e. The van der Waals surface area contributed by atoms with Gasteiger partial charge in [0.1, 0.15) is 0 Å². The number of hydrogen-bond acceptors (Lipinski definition) is 2. The standard InChI is InChI=1S/C11H23NS/c1-3-9(2)8-13-11-6-4-5-10(12)7-11/h9-11H,3-8,12H2,1-2H3. The Labute approximate surface area is 86.8 Å². The minimum Gasteiger partial charge on any atom is -0.328 e. The Balaban J connectivity index is 2.13. The second kappa shape index (κ2) is 5.92. The van der Waals surface area contributed by atoms with Crippen LogP contribution in [0.25, 0.3) is 0 Å². The molecule has 0 heterocycles. The van der Waals surface area contributed by atoms with Gasteiger partial charge < -0.3 is 5.73 Å². The Morgan fingerprint density at radius 1 is 1.46 bits per heavy atom. The monoisotopic (exact) mass is 201 g/mol. The van der Waals surface area contributed by atoms with E-state index in [1.165, 1.54) is 37.9 Å². The summed E-state index contributed by atoms with van der Waals surface area (Å²) in [6.07, 6.45) is 6.56. The van der Waals surface area contributed by atoms with Crippen LogP contribution in [-0.2, 0) is 0 Å². The van der Waals surface area contributed by atoms with E-state index in [-0.39, 0.29) is 0 Å². The van der Waals surface area contributed by atoms with Crippen molar-refractivity contribution in [3.63, 3.8) is 0 Å². The lowest BCUT2D eigenvalue weighted by Gasteiger charge is -2.26. The molecule has 0 spiro atoms. The van der Waals surface area contributed by atoms with Gasteiger partial charge in [-0.25, -0.2) is 0 Å². The summed E-state index contributed by atoms with van der Waals surface area (Å²) in [6.45, 7) is 4.62. The van der Waals surface area contributed by atoms with Crippen LogP contribution in [0.5, 0.6) is 0 Å². The maximum absolute atomic E-state index is 5.95. The summed E-state index contributed by atoms with van der Waals surface area (Å²) in [5.74, 6) is 2.21. The molecule has 0 aliphatic heterocycles. The molecule has 0 amide bonds. The molecule has 1 nitrogen and oxygen atoms in total. The van der Waals surface area contributed by atoms with E-state index < -0.39 is 0 Å².